The predicted molar refractivity (Wildman–Crippen MR) is 134 cm³/mol. The van der Waals surface area contributed by atoms with Crippen molar-refractivity contribution in [3.63, 3.8) is 0 Å². The first-order valence-electron chi connectivity index (χ1n) is 11.2. The van der Waals surface area contributed by atoms with Crippen molar-refractivity contribution in [2.45, 2.75) is 33.1 Å². The lowest BCUT2D eigenvalue weighted by Gasteiger charge is -2.24. The zero-order chi connectivity index (χ0) is 25.2. The van der Waals surface area contributed by atoms with Crippen LogP contribution < -0.4 is 10.6 Å². The molecule has 0 bridgehead atoms. The number of rotatable bonds is 8. The Labute approximate surface area is 207 Å². The fourth-order valence-electron chi connectivity index (χ4n) is 4.34. The summed E-state index contributed by atoms with van der Waals surface area (Å²) in [6.45, 7) is 5.69. The number of ether oxygens (including phenoxy) is 1. The van der Waals surface area contributed by atoms with Crippen LogP contribution in [0.15, 0.2) is 48.5 Å². The highest BCUT2D eigenvalue weighted by Gasteiger charge is 2.30. The van der Waals surface area contributed by atoms with E-state index < -0.39 is 17.5 Å². The summed E-state index contributed by atoms with van der Waals surface area (Å²) < 4.78 is 9.56. The van der Waals surface area contributed by atoms with E-state index in [4.69, 9.17) is 4.74 Å². The van der Waals surface area contributed by atoms with Gasteiger partial charge in [0.25, 0.3) is 0 Å². The van der Waals surface area contributed by atoms with E-state index in [9.17, 15) is 19.5 Å². The first kappa shape index (κ1) is 24.4. The molecule has 1 heterocycles. The molecule has 3 aromatic rings. The smallest absolute Gasteiger partial charge is 0.407 e. The van der Waals surface area contributed by atoms with Crippen molar-refractivity contribution < 1.29 is 24.2 Å². The second-order valence-electron chi connectivity index (χ2n) is 9.35. The lowest BCUT2D eigenvalue weighted by atomic mass is 9.89. The zero-order valence-electron chi connectivity index (χ0n) is 19.8. The van der Waals surface area contributed by atoms with E-state index in [1.54, 1.807) is 6.92 Å². The van der Waals surface area contributed by atoms with Gasteiger partial charge >= 0.3 is 12.1 Å². The van der Waals surface area contributed by atoms with Crippen LogP contribution in [0.5, 0.6) is 0 Å². The molecule has 2 aromatic carbocycles. The maximum atomic E-state index is 12.5. The fourth-order valence-corrected chi connectivity index (χ4v) is 5.14. The topological polar surface area (TPSA) is 118 Å². The molecule has 8 nitrogen and oxygen atoms in total. The maximum Gasteiger partial charge on any atom is 0.407 e. The van der Waals surface area contributed by atoms with Gasteiger partial charge in [-0.2, -0.15) is 4.37 Å². The van der Waals surface area contributed by atoms with Crippen LogP contribution in [0.2, 0.25) is 0 Å². The quantitative estimate of drug-likeness (QED) is 0.405. The van der Waals surface area contributed by atoms with Crippen molar-refractivity contribution >= 4 is 34.5 Å². The molecule has 0 saturated heterocycles. The number of benzene rings is 2. The summed E-state index contributed by atoms with van der Waals surface area (Å²) in [5, 5.41) is 14.9. The number of amides is 2. The average Bonchev–Trinajstić information content (AvgIpc) is 3.33. The monoisotopic (exact) mass is 493 g/mol. The normalized spacial score (nSPS) is 12.5. The summed E-state index contributed by atoms with van der Waals surface area (Å²) in [5.41, 5.74) is 4.36. The molecule has 1 aromatic heterocycles. The molecular weight excluding hydrogens is 466 g/mol. The number of carbonyl (C=O) groups is 3. The summed E-state index contributed by atoms with van der Waals surface area (Å²) in [5.74, 6) is -1.52. The number of carbonyl (C=O) groups excluding carboxylic acids is 2. The summed E-state index contributed by atoms with van der Waals surface area (Å²) in [7, 11) is 0. The Bertz CT molecular complexity index is 1240. The molecule has 1 aliphatic carbocycles. The van der Waals surface area contributed by atoms with Gasteiger partial charge in [-0.1, -0.05) is 62.4 Å². The fraction of sp³-hybridized carbons (Fsp3) is 0.308. The Balaban J connectivity index is 1.30. The van der Waals surface area contributed by atoms with Gasteiger partial charge in [-0.15, -0.1) is 0 Å². The molecule has 182 valence electrons. The lowest BCUT2D eigenvalue weighted by molar-refractivity contribution is -0.118. The highest BCUT2D eigenvalue weighted by molar-refractivity contribution is 7.11. The number of carboxylic acid groups (broad SMARTS) is 1. The number of nitrogens with zero attached hydrogens (tertiary/aromatic N) is 1. The van der Waals surface area contributed by atoms with Gasteiger partial charge in [-0.05, 0) is 46.1 Å². The molecule has 0 unspecified atom stereocenters. The van der Waals surface area contributed by atoms with Crippen LogP contribution in [0.25, 0.3) is 11.1 Å². The van der Waals surface area contributed by atoms with E-state index in [0.717, 1.165) is 33.8 Å². The molecule has 2 amide bonds. The number of alkyl carbamates (subject to hydrolysis) is 1. The Kier molecular flexibility index (Phi) is 6.88. The minimum Gasteiger partial charge on any atom is -0.478 e. The van der Waals surface area contributed by atoms with Gasteiger partial charge in [0.05, 0.1) is 5.69 Å². The third kappa shape index (κ3) is 5.35. The highest BCUT2D eigenvalue weighted by Crippen LogP contribution is 2.44. The van der Waals surface area contributed by atoms with Crippen LogP contribution in [0, 0.1) is 12.3 Å². The Hall–Kier alpha value is -3.72. The summed E-state index contributed by atoms with van der Waals surface area (Å²) >= 11 is 0.933. The molecule has 9 heteroatoms. The molecule has 0 spiro atoms. The van der Waals surface area contributed by atoms with E-state index in [0.29, 0.717) is 5.69 Å². The molecule has 0 radical (unpaired) electrons. The van der Waals surface area contributed by atoms with Crippen LogP contribution in [0.1, 0.15) is 53.4 Å². The molecule has 0 fully saturated rings. The summed E-state index contributed by atoms with van der Waals surface area (Å²) in [6, 6.07) is 16.2. The van der Waals surface area contributed by atoms with Crippen molar-refractivity contribution in [2.75, 3.05) is 18.5 Å². The zero-order valence-corrected chi connectivity index (χ0v) is 20.6. The minimum atomic E-state index is -1.14. The molecule has 4 rings (SSSR count). The largest absolute Gasteiger partial charge is 0.478 e. The van der Waals surface area contributed by atoms with E-state index >= 15 is 0 Å². The van der Waals surface area contributed by atoms with E-state index in [1.807, 2.05) is 38.1 Å². The Morgan fingerprint density at radius 2 is 1.66 bits per heavy atom. The molecule has 3 N–H and O–H groups in total. The number of carboxylic acids is 1. The van der Waals surface area contributed by atoms with Crippen LogP contribution >= 0.6 is 11.5 Å². The molecule has 35 heavy (non-hydrogen) atoms. The van der Waals surface area contributed by atoms with Crippen molar-refractivity contribution in [3.05, 3.63) is 70.9 Å². The predicted octanol–water partition coefficient (Wildman–Crippen LogP) is 5.04. The number of hydrogen-bond acceptors (Lipinski definition) is 6. The van der Waals surface area contributed by atoms with E-state index in [1.165, 1.54) is 0 Å². The minimum absolute atomic E-state index is 0.00193. The van der Waals surface area contributed by atoms with E-state index in [-0.39, 0.29) is 42.0 Å². The van der Waals surface area contributed by atoms with Crippen LogP contribution in [0.4, 0.5) is 9.80 Å². The second-order valence-corrected chi connectivity index (χ2v) is 10.1. The Morgan fingerprint density at radius 3 is 2.26 bits per heavy atom. The average molecular weight is 494 g/mol. The number of nitrogens with one attached hydrogen (secondary N) is 2. The van der Waals surface area contributed by atoms with Gasteiger partial charge in [-0.3, -0.25) is 4.79 Å². The standard InChI is InChI=1S/C26H27N3O5S/c1-15-22(24(31)32)23(35-29-15)28-21(30)12-26(2,3)14-27-25(33)34-13-20-18-10-6-4-8-16(18)17-9-5-7-11-19(17)20/h4-11,20H,12-14H2,1-3H3,(H,27,33)(H,28,30)(H,31,32). The third-order valence-electron chi connectivity index (χ3n) is 6.02. The molecular formula is C26H27N3O5S. The van der Waals surface area contributed by atoms with E-state index in [2.05, 4.69) is 39.3 Å². The number of anilines is 1. The van der Waals surface area contributed by atoms with Crippen molar-refractivity contribution in [1.82, 2.24) is 9.69 Å². The summed E-state index contributed by atoms with van der Waals surface area (Å²) in [6.07, 6.45) is -0.473. The molecule has 0 atom stereocenters. The first-order valence-corrected chi connectivity index (χ1v) is 12.0. The van der Waals surface area contributed by atoms with Gasteiger partial charge in [0.2, 0.25) is 5.91 Å². The first-order chi connectivity index (χ1) is 16.7. The second kappa shape index (κ2) is 9.87. The van der Waals surface area contributed by atoms with Gasteiger partial charge in [-0.25, -0.2) is 9.59 Å². The van der Waals surface area contributed by atoms with Gasteiger partial charge in [0.15, 0.2) is 0 Å². The van der Waals surface area contributed by atoms with Gasteiger partial charge in [0.1, 0.15) is 17.2 Å². The van der Waals surface area contributed by atoms with Crippen LogP contribution in [0.3, 0.4) is 0 Å². The molecule has 0 saturated carbocycles. The third-order valence-corrected chi connectivity index (χ3v) is 6.88. The number of aryl methyl sites for hydroxylation is 1. The SMILES string of the molecule is Cc1nsc(NC(=O)CC(C)(C)CNC(=O)OCC2c3ccccc3-c3ccccc32)c1C(=O)O. The molecule has 0 aliphatic heterocycles. The maximum absolute atomic E-state index is 12.5. The number of aromatic nitrogens is 1. The Morgan fingerprint density at radius 1 is 1.06 bits per heavy atom. The van der Waals surface area contributed by atoms with Crippen LogP contribution in [-0.4, -0.2) is 40.6 Å². The summed E-state index contributed by atoms with van der Waals surface area (Å²) in [4.78, 5) is 36.4. The highest BCUT2D eigenvalue weighted by atomic mass is 32.1. The number of hydrogen-bond donors (Lipinski definition) is 3. The van der Waals surface area contributed by atoms with Crippen LogP contribution in [-0.2, 0) is 9.53 Å². The van der Waals surface area contributed by atoms with Gasteiger partial charge < -0.3 is 20.5 Å². The molecule has 1 aliphatic rings. The number of aromatic carboxylic acids is 1. The number of fused-ring (bicyclic) bond motifs is 3. The lowest BCUT2D eigenvalue weighted by Crippen LogP contribution is -2.37. The van der Waals surface area contributed by atoms with Crippen molar-refractivity contribution in [2.24, 2.45) is 5.41 Å². The van der Waals surface area contributed by atoms with Crippen molar-refractivity contribution in [1.29, 1.82) is 0 Å². The van der Waals surface area contributed by atoms with Gasteiger partial charge in [0, 0.05) is 18.9 Å². The van der Waals surface area contributed by atoms with Crippen molar-refractivity contribution in [3.8, 4) is 11.1 Å².